The molecule has 5 nitrogen and oxygen atoms in total. The highest BCUT2D eigenvalue weighted by Gasteiger charge is 2.49. The minimum atomic E-state index is -2.78. The molecule has 0 saturated carbocycles. The van der Waals surface area contributed by atoms with Crippen molar-refractivity contribution in [1.29, 1.82) is 0 Å². The van der Waals surface area contributed by atoms with Gasteiger partial charge in [-0.25, -0.2) is 0 Å². The summed E-state index contributed by atoms with van der Waals surface area (Å²) in [6, 6.07) is 0. The molecule has 6 heteroatoms. The minimum Gasteiger partial charge on any atom is -0.396 e. The quantitative estimate of drug-likeness (QED) is 0.436. The van der Waals surface area contributed by atoms with Gasteiger partial charge in [0, 0.05) is 33.0 Å². The van der Waals surface area contributed by atoms with Crippen LogP contribution in [-0.4, -0.2) is 52.7 Å². The average molecular weight is 280 g/mol. The topological polar surface area (TPSA) is 57.2 Å². The van der Waals surface area contributed by atoms with E-state index in [0.29, 0.717) is 32.8 Å². The summed E-state index contributed by atoms with van der Waals surface area (Å²) in [5.74, 6) is 0. The average Bonchev–Trinajstić information content (AvgIpc) is 2.35. The van der Waals surface area contributed by atoms with Gasteiger partial charge in [-0.05, 0) is 33.6 Å². The predicted octanol–water partition coefficient (Wildman–Crippen LogP) is 1.75. The molecule has 0 aromatic rings. The van der Waals surface area contributed by atoms with E-state index >= 15 is 0 Å². The summed E-state index contributed by atoms with van der Waals surface area (Å²) < 4.78 is 23.2. The first kappa shape index (κ1) is 18.0. The highest BCUT2D eigenvalue weighted by molar-refractivity contribution is 6.62. The SMILES string of the molecule is CCO[Si](OCC)(OCC)C(CC)OCCCO. The van der Waals surface area contributed by atoms with Crippen LogP contribution < -0.4 is 0 Å². The molecule has 1 unspecified atom stereocenters. The monoisotopic (exact) mass is 280 g/mol. The molecule has 1 N–H and O–H groups in total. The molecule has 0 aromatic heterocycles. The van der Waals surface area contributed by atoms with Gasteiger partial charge < -0.3 is 23.1 Å². The number of ether oxygens (including phenoxy) is 1. The second kappa shape index (κ2) is 10.9. The molecule has 0 fully saturated rings. The fraction of sp³-hybridized carbons (Fsp3) is 1.00. The van der Waals surface area contributed by atoms with E-state index in [1.165, 1.54) is 0 Å². The lowest BCUT2D eigenvalue weighted by atomic mass is 10.5. The number of hydrogen-bond acceptors (Lipinski definition) is 5. The van der Waals surface area contributed by atoms with Gasteiger partial charge in [-0.3, -0.25) is 0 Å². The normalized spacial score (nSPS) is 13.8. The maximum atomic E-state index is 8.80. The number of rotatable bonds is 12. The van der Waals surface area contributed by atoms with Crippen LogP contribution in [-0.2, 0) is 18.0 Å². The van der Waals surface area contributed by atoms with Crippen molar-refractivity contribution in [3.8, 4) is 0 Å². The predicted molar refractivity (Wildman–Crippen MR) is 72.4 cm³/mol. The maximum absolute atomic E-state index is 8.80. The first-order valence-electron chi connectivity index (χ1n) is 6.84. The van der Waals surface area contributed by atoms with Gasteiger partial charge in [-0.15, -0.1) is 0 Å². The van der Waals surface area contributed by atoms with E-state index in [9.17, 15) is 0 Å². The highest BCUT2D eigenvalue weighted by Crippen LogP contribution is 2.20. The van der Waals surface area contributed by atoms with Crippen LogP contribution in [0.1, 0.15) is 40.5 Å². The largest absolute Gasteiger partial charge is 0.531 e. The van der Waals surface area contributed by atoms with Gasteiger partial charge in [0.1, 0.15) is 5.73 Å². The lowest BCUT2D eigenvalue weighted by molar-refractivity contribution is -0.0140. The summed E-state index contributed by atoms with van der Waals surface area (Å²) in [7, 11) is -2.78. The maximum Gasteiger partial charge on any atom is 0.531 e. The van der Waals surface area contributed by atoms with Crippen molar-refractivity contribution < 1.29 is 23.1 Å². The van der Waals surface area contributed by atoms with Crippen molar-refractivity contribution in [3.05, 3.63) is 0 Å². The number of aliphatic hydroxyl groups is 1. The van der Waals surface area contributed by atoms with Crippen LogP contribution in [0.15, 0.2) is 0 Å². The van der Waals surface area contributed by atoms with Crippen molar-refractivity contribution in [2.75, 3.05) is 33.0 Å². The van der Waals surface area contributed by atoms with Crippen LogP contribution in [0.3, 0.4) is 0 Å². The summed E-state index contributed by atoms with van der Waals surface area (Å²) in [6.45, 7) is 10.1. The summed E-state index contributed by atoms with van der Waals surface area (Å²) in [5, 5.41) is 8.80. The molecule has 0 aliphatic rings. The fourth-order valence-electron chi connectivity index (χ4n) is 1.77. The van der Waals surface area contributed by atoms with Gasteiger partial charge in [0.2, 0.25) is 0 Å². The Hall–Kier alpha value is 0.0169. The Balaban J connectivity index is 4.71. The Kier molecular flexibility index (Phi) is 10.9. The Morgan fingerprint density at radius 3 is 1.78 bits per heavy atom. The van der Waals surface area contributed by atoms with E-state index in [1.54, 1.807) is 0 Å². The molecular formula is C12H28O5Si. The minimum absolute atomic E-state index is 0.128. The number of hydrogen-bond donors (Lipinski definition) is 1. The lowest BCUT2D eigenvalue weighted by Crippen LogP contribution is -2.57. The molecule has 0 amide bonds. The van der Waals surface area contributed by atoms with E-state index in [0.717, 1.165) is 6.42 Å². The zero-order valence-corrected chi connectivity index (χ0v) is 13.1. The van der Waals surface area contributed by atoms with Crippen LogP contribution in [0.2, 0.25) is 0 Å². The molecule has 0 saturated heterocycles. The van der Waals surface area contributed by atoms with Gasteiger partial charge in [-0.2, -0.15) is 0 Å². The van der Waals surface area contributed by atoms with Crippen molar-refractivity contribution in [2.45, 2.75) is 46.3 Å². The second-order valence-corrected chi connectivity index (χ2v) is 6.46. The highest BCUT2D eigenvalue weighted by atomic mass is 28.4. The smallest absolute Gasteiger partial charge is 0.396 e. The Morgan fingerprint density at radius 1 is 0.944 bits per heavy atom. The van der Waals surface area contributed by atoms with Crippen LogP contribution in [0.5, 0.6) is 0 Å². The van der Waals surface area contributed by atoms with E-state index in [2.05, 4.69) is 0 Å². The molecule has 0 radical (unpaired) electrons. The third-order valence-corrected chi connectivity index (χ3v) is 5.86. The van der Waals surface area contributed by atoms with Crippen LogP contribution in [0.4, 0.5) is 0 Å². The van der Waals surface area contributed by atoms with Crippen molar-refractivity contribution >= 4 is 8.80 Å². The molecule has 1 atom stereocenters. The van der Waals surface area contributed by atoms with E-state index in [4.69, 9.17) is 23.1 Å². The van der Waals surface area contributed by atoms with E-state index < -0.39 is 8.80 Å². The van der Waals surface area contributed by atoms with Gasteiger partial charge in [0.25, 0.3) is 0 Å². The van der Waals surface area contributed by atoms with Gasteiger partial charge in [-0.1, -0.05) is 6.92 Å². The third-order valence-electron chi connectivity index (χ3n) is 2.42. The second-order valence-electron chi connectivity index (χ2n) is 3.75. The molecule has 0 aliphatic carbocycles. The van der Waals surface area contributed by atoms with Gasteiger partial charge in [0.15, 0.2) is 0 Å². The summed E-state index contributed by atoms with van der Waals surface area (Å²) in [4.78, 5) is 0. The molecule has 110 valence electrons. The zero-order chi connectivity index (χ0) is 13.9. The van der Waals surface area contributed by atoms with Crippen LogP contribution in [0, 0.1) is 0 Å². The summed E-state index contributed by atoms with van der Waals surface area (Å²) >= 11 is 0. The van der Waals surface area contributed by atoms with Crippen LogP contribution >= 0.6 is 0 Å². The van der Waals surface area contributed by atoms with Crippen LogP contribution in [0.25, 0.3) is 0 Å². The standard InChI is InChI=1S/C12H28O5Si/c1-5-12(14-11-9-10-13)18(15-6-2,16-7-3)17-8-4/h12-13H,5-11H2,1-4H3. The molecule has 0 aromatic carbocycles. The summed E-state index contributed by atoms with van der Waals surface area (Å²) in [6.07, 6.45) is 1.39. The molecule has 0 rings (SSSR count). The Morgan fingerprint density at radius 2 is 1.44 bits per heavy atom. The lowest BCUT2D eigenvalue weighted by Gasteiger charge is -2.34. The molecule has 0 bridgehead atoms. The van der Waals surface area contributed by atoms with Gasteiger partial charge >= 0.3 is 8.80 Å². The third kappa shape index (κ3) is 5.77. The molecular weight excluding hydrogens is 252 g/mol. The Labute approximate surface area is 112 Å². The first-order valence-corrected chi connectivity index (χ1v) is 8.65. The van der Waals surface area contributed by atoms with E-state index in [1.807, 2.05) is 27.7 Å². The molecule has 0 aliphatic heterocycles. The van der Waals surface area contributed by atoms with Crippen molar-refractivity contribution in [1.82, 2.24) is 0 Å². The first-order chi connectivity index (χ1) is 8.70. The molecule has 0 spiro atoms. The zero-order valence-electron chi connectivity index (χ0n) is 12.1. The van der Waals surface area contributed by atoms with E-state index in [-0.39, 0.29) is 12.3 Å². The van der Waals surface area contributed by atoms with Crippen molar-refractivity contribution in [2.24, 2.45) is 0 Å². The molecule has 0 heterocycles. The summed E-state index contributed by atoms with van der Waals surface area (Å²) in [5.41, 5.74) is -0.163. The fourth-order valence-corrected chi connectivity index (χ4v) is 4.60. The Bertz CT molecular complexity index is 174. The molecule has 18 heavy (non-hydrogen) atoms. The van der Waals surface area contributed by atoms with Crippen molar-refractivity contribution in [3.63, 3.8) is 0 Å². The van der Waals surface area contributed by atoms with Gasteiger partial charge in [0.05, 0.1) is 0 Å². The number of aliphatic hydroxyl groups excluding tert-OH is 1.